The Morgan fingerprint density at radius 2 is 1.78 bits per heavy atom. The highest BCUT2D eigenvalue weighted by atomic mass is 32.2. The third-order valence-electron chi connectivity index (χ3n) is 3.66. The molecule has 0 saturated carbocycles. The van der Waals surface area contributed by atoms with Gasteiger partial charge in [0.15, 0.2) is 9.84 Å². The van der Waals surface area contributed by atoms with Crippen LogP contribution in [0.1, 0.15) is 42.0 Å². The van der Waals surface area contributed by atoms with Crippen molar-refractivity contribution in [3.05, 3.63) is 34.9 Å². The first-order valence-corrected chi connectivity index (χ1v) is 8.17. The second kappa shape index (κ2) is 5.02. The van der Waals surface area contributed by atoms with Crippen LogP contribution in [0, 0.1) is 13.8 Å². The molecule has 0 aliphatic carbocycles. The van der Waals surface area contributed by atoms with E-state index in [1.54, 1.807) is 0 Å². The SMILES string of the molecule is Cc1cc(C)cc(C(N)C2CCCCS2(=O)=O)c1. The lowest BCUT2D eigenvalue weighted by Gasteiger charge is -2.28. The Kier molecular flexibility index (Phi) is 3.78. The van der Waals surface area contributed by atoms with Crippen LogP contribution in [0.4, 0.5) is 0 Å². The van der Waals surface area contributed by atoms with Crippen LogP contribution in [0.2, 0.25) is 0 Å². The van der Waals surface area contributed by atoms with E-state index >= 15 is 0 Å². The summed E-state index contributed by atoms with van der Waals surface area (Å²) < 4.78 is 24.2. The maximum absolute atomic E-state index is 12.1. The van der Waals surface area contributed by atoms with Crippen molar-refractivity contribution >= 4 is 9.84 Å². The van der Waals surface area contributed by atoms with E-state index < -0.39 is 21.1 Å². The van der Waals surface area contributed by atoms with Gasteiger partial charge in [0.2, 0.25) is 0 Å². The number of hydrogen-bond acceptors (Lipinski definition) is 3. The van der Waals surface area contributed by atoms with Gasteiger partial charge in [0, 0.05) is 6.04 Å². The van der Waals surface area contributed by atoms with Crippen molar-refractivity contribution in [1.82, 2.24) is 0 Å². The third-order valence-corrected chi connectivity index (χ3v) is 5.97. The van der Waals surface area contributed by atoms with Crippen LogP contribution in [0.3, 0.4) is 0 Å². The average Bonchev–Trinajstić information content (AvgIpc) is 2.26. The molecule has 1 aliphatic heterocycles. The molecule has 4 heteroatoms. The second-order valence-electron chi connectivity index (χ2n) is 5.35. The summed E-state index contributed by atoms with van der Waals surface area (Å²) >= 11 is 0. The van der Waals surface area contributed by atoms with Gasteiger partial charge in [-0.1, -0.05) is 35.7 Å². The molecule has 1 aliphatic rings. The molecule has 1 aromatic rings. The van der Waals surface area contributed by atoms with E-state index in [-0.39, 0.29) is 5.75 Å². The summed E-state index contributed by atoms with van der Waals surface area (Å²) in [7, 11) is -3.02. The Morgan fingerprint density at radius 3 is 2.33 bits per heavy atom. The molecule has 0 aromatic heterocycles. The van der Waals surface area contributed by atoms with Crippen molar-refractivity contribution in [3.63, 3.8) is 0 Å². The number of hydrogen-bond donors (Lipinski definition) is 1. The van der Waals surface area contributed by atoms with Gasteiger partial charge in [0.1, 0.15) is 0 Å². The summed E-state index contributed by atoms with van der Waals surface area (Å²) in [6, 6.07) is 5.68. The molecule has 1 aromatic carbocycles. The van der Waals surface area contributed by atoms with Crippen molar-refractivity contribution in [2.24, 2.45) is 5.73 Å². The minimum Gasteiger partial charge on any atom is -0.323 e. The molecule has 1 heterocycles. The standard InChI is InChI=1S/C14H21NO2S/c1-10-7-11(2)9-12(8-10)14(15)13-5-3-4-6-18(13,16)17/h7-9,13-14H,3-6,15H2,1-2H3. The van der Waals surface area contributed by atoms with Gasteiger partial charge in [-0.2, -0.15) is 0 Å². The van der Waals surface area contributed by atoms with Crippen molar-refractivity contribution in [1.29, 1.82) is 0 Å². The number of rotatable bonds is 2. The molecule has 2 unspecified atom stereocenters. The highest BCUT2D eigenvalue weighted by molar-refractivity contribution is 7.92. The van der Waals surface area contributed by atoms with Crippen molar-refractivity contribution in [3.8, 4) is 0 Å². The predicted molar refractivity (Wildman–Crippen MR) is 74.3 cm³/mol. The Balaban J connectivity index is 2.32. The normalized spacial score (nSPS) is 24.7. The fraction of sp³-hybridized carbons (Fsp3) is 0.571. The molecular weight excluding hydrogens is 246 g/mol. The summed E-state index contributed by atoms with van der Waals surface area (Å²) in [5.74, 6) is 0.288. The van der Waals surface area contributed by atoms with Crippen molar-refractivity contribution in [2.45, 2.75) is 44.4 Å². The zero-order valence-corrected chi connectivity index (χ0v) is 11.8. The van der Waals surface area contributed by atoms with E-state index in [0.717, 1.165) is 29.5 Å². The lowest BCUT2D eigenvalue weighted by Crippen LogP contribution is -2.37. The Bertz CT molecular complexity index is 516. The average molecular weight is 267 g/mol. The number of aryl methyl sites for hydroxylation is 2. The highest BCUT2D eigenvalue weighted by Gasteiger charge is 2.34. The molecule has 3 nitrogen and oxygen atoms in total. The highest BCUT2D eigenvalue weighted by Crippen LogP contribution is 2.29. The predicted octanol–water partition coefficient (Wildman–Crippen LogP) is 2.27. The number of nitrogens with two attached hydrogens (primary N) is 1. The summed E-state index contributed by atoms with van der Waals surface area (Å²) in [5.41, 5.74) is 9.42. The van der Waals surface area contributed by atoms with Gasteiger partial charge in [-0.15, -0.1) is 0 Å². The van der Waals surface area contributed by atoms with Gasteiger partial charge in [-0.05, 0) is 32.3 Å². The van der Waals surface area contributed by atoms with Gasteiger partial charge in [0.25, 0.3) is 0 Å². The topological polar surface area (TPSA) is 60.2 Å². The zero-order valence-electron chi connectivity index (χ0n) is 11.0. The van der Waals surface area contributed by atoms with Gasteiger partial charge >= 0.3 is 0 Å². The Morgan fingerprint density at radius 1 is 1.17 bits per heavy atom. The van der Waals surface area contributed by atoms with Crippen LogP contribution in [-0.2, 0) is 9.84 Å². The van der Waals surface area contributed by atoms with E-state index in [1.807, 2.05) is 26.0 Å². The van der Waals surface area contributed by atoms with E-state index in [2.05, 4.69) is 6.07 Å². The van der Waals surface area contributed by atoms with Crippen LogP contribution in [0.5, 0.6) is 0 Å². The first-order valence-electron chi connectivity index (χ1n) is 6.45. The van der Waals surface area contributed by atoms with Crippen LogP contribution < -0.4 is 5.73 Å². The number of sulfone groups is 1. The van der Waals surface area contributed by atoms with Crippen molar-refractivity contribution in [2.75, 3.05) is 5.75 Å². The molecule has 100 valence electrons. The lowest BCUT2D eigenvalue weighted by atomic mass is 9.97. The van der Waals surface area contributed by atoms with Crippen LogP contribution in [0.25, 0.3) is 0 Å². The summed E-state index contributed by atoms with van der Waals surface area (Å²) in [5, 5.41) is -0.410. The van der Waals surface area contributed by atoms with Crippen LogP contribution >= 0.6 is 0 Å². The van der Waals surface area contributed by atoms with Gasteiger partial charge in [-0.25, -0.2) is 8.42 Å². The maximum Gasteiger partial charge on any atom is 0.155 e. The molecule has 0 bridgehead atoms. The van der Waals surface area contributed by atoms with Gasteiger partial charge in [0.05, 0.1) is 11.0 Å². The molecule has 2 atom stereocenters. The minimum absolute atomic E-state index is 0.288. The maximum atomic E-state index is 12.1. The van der Waals surface area contributed by atoms with E-state index in [0.29, 0.717) is 6.42 Å². The quantitative estimate of drug-likeness (QED) is 0.894. The molecule has 1 saturated heterocycles. The van der Waals surface area contributed by atoms with E-state index in [4.69, 9.17) is 5.73 Å². The first kappa shape index (κ1) is 13.6. The third kappa shape index (κ3) is 2.75. The largest absolute Gasteiger partial charge is 0.323 e. The van der Waals surface area contributed by atoms with E-state index in [1.165, 1.54) is 0 Å². The first-order chi connectivity index (χ1) is 8.40. The molecule has 2 rings (SSSR count). The minimum atomic E-state index is -3.02. The van der Waals surface area contributed by atoms with Crippen LogP contribution in [-0.4, -0.2) is 19.4 Å². The Hall–Kier alpha value is -0.870. The molecule has 0 spiro atoms. The van der Waals surface area contributed by atoms with Gasteiger partial charge < -0.3 is 5.73 Å². The van der Waals surface area contributed by atoms with E-state index in [9.17, 15) is 8.42 Å². The second-order valence-corrected chi connectivity index (χ2v) is 7.69. The molecule has 1 fully saturated rings. The molecule has 2 N–H and O–H groups in total. The number of benzene rings is 1. The molecular formula is C14H21NO2S. The summed E-state index contributed by atoms with van der Waals surface area (Å²) in [6.07, 6.45) is 2.43. The molecule has 0 amide bonds. The monoisotopic (exact) mass is 267 g/mol. The lowest BCUT2D eigenvalue weighted by molar-refractivity contribution is 0.504. The molecule has 0 radical (unpaired) electrons. The Labute approximate surface area is 109 Å². The smallest absolute Gasteiger partial charge is 0.155 e. The summed E-state index contributed by atoms with van der Waals surface area (Å²) in [6.45, 7) is 4.02. The zero-order chi connectivity index (χ0) is 13.3. The van der Waals surface area contributed by atoms with Crippen LogP contribution in [0.15, 0.2) is 18.2 Å². The molecule has 18 heavy (non-hydrogen) atoms. The fourth-order valence-electron chi connectivity index (χ4n) is 2.80. The fourth-order valence-corrected chi connectivity index (χ4v) is 4.84. The van der Waals surface area contributed by atoms with Gasteiger partial charge in [-0.3, -0.25) is 0 Å². The van der Waals surface area contributed by atoms with Crippen molar-refractivity contribution < 1.29 is 8.42 Å². The summed E-state index contributed by atoms with van der Waals surface area (Å²) in [4.78, 5) is 0.